The molecule has 0 bridgehead atoms. The van der Waals surface area contributed by atoms with Crippen molar-refractivity contribution in [2.24, 2.45) is 0 Å². The summed E-state index contributed by atoms with van der Waals surface area (Å²) < 4.78 is 1.71. The summed E-state index contributed by atoms with van der Waals surface area (Å²) in [4.78, 5) is 35.5. The molecule has 3 rings (SSSR count). The first-order chi connectivity index (χ1) is 13.9. The van der Waals surface area contributed by atoms with E-state index in [-0.39, 0.29) is 23.3 Å². The van der Waals surface area contributed by atoms with E-state index < -0.39 is 0 Å². The van der Waals surface area contributed by atoms with Gasteiger partial charge in [0, 0.05) is 24.8 Å². The number of aryl methyl sites for hydroxylation is 1. The van der Waals surface area contributed by atoms with Gasteiger partial charge in [-0.2, -0.15) is 0 Å². The van der Waals surface area contributed by atoms with Gasteiger partial charge >= 0.3 is 0 Å². The molecule has 0 saturated heterocycles. The van der Waals surface area contributed by atoms with Crippen molar-refractivity contribution in [3.05, 3.63) is 58.0 Å². The van der Waals surface area contributed by atoms with Gasteiger partial charge < -0.3 is 9.88 Å². The molecule has 0 saturated carbocycles. The molecule has 0 aliphatic rings. The average Bonchev–Trinajstić information content (AvgIpc) is 3.11. The monoisotopic (exact) mass is 412 g/mol. The average molecular weight is 413 g/mol. The van der Waals surface area contributed by atoms with Gasteiger partial charge in [0.2, 0.25) is 5.91 Å². The van der Waals surface area contributed by atoms with Crippen molar-refractivity contribution in [1.82, 2.24) is 19.4 Å². The van der Waals surface area contributed by atoms with Gasteiger partial charge in [-0.1, -0.05) is 49.0 Å². The number of H-pyrrole nitrogens is 1. The summed E-state index contributed by atoms with van der Waals surface area (Å²) in [7, 11) is 0. The van der Waals surface area contributed by atoms with Gasteiger partial charge in [-0.15, -0.1) is 0 Å². The highest BCUT2D eigenvalue weighted by molar-refractivity contribution is 7.99. The number of benzene rings is 1. The number of aromatic amines is 1. The van der Waals surface area contributed by atoms with Gasteiger partial charge in [-0.05, 0) is 38.8 Å². The number of aromatic nitrogens is 3. The van der Waals surface area contributed by atoms with E-state index >= 15 is 0 Å². The quantitative estimate of drug-likeness (QED) is 0.446. The highest BCUT2D eigenvalue weighted by Crippen LogP contribution is 2.23. The van der Waals surface area contributed by atoms with Crippen LogP contribution in [-0.2, 0) is 11.3 Å². The molecule has 1 N–H and O–H groups in total. The molecule has 7 heteroatoms. The van der Waals surface area contributed by atoms with Crippen LogP contribution in [0.5, 0.6) is 0 Å². The molecule has 1 unspecified atom stereocenters. The molecule has 0 spiro atoms. The molecule has 29 heavy (non-hydrogen) atoms. The molecule has 2 heterocycles. The van der Waals surface area contributed by atoms with E-state index in [2.05, 4.69) is 4.98 Å². The maximum absolute atomic E-state index is 13.0. The number of carbonyl (C=O) groups excluding carboxylic acids is 1. The number of hydrogen-bond acceptors (Lipinski definition) is 4. The third-order valence-electron chi connectivity index (χ3n) is 5.09. The third-order valence-corrected chi connectivity index (χ3v) is 6.03. The fraction of sp³-hybridized carbons (Fsp3) is 0.409. The molecule has 1 aromatic carbocycles. The maximum atomic E-state index is 13.0. The minimum atomic E-state index is -0.0796. The van der Waals surface area contributed by atoms with E-state index in [1.807, 2.05) is 69.0 Å². The van der Waals surface area contributed by atoms with E-state index in [0.29, 0.717) is 29.3 Å². The predicted molar refractivity (Wildman–Crippen MR) is 118 cm³/mol. The van der Waals surface area contributed by atoms with Gasteiger partial charge in [0.25, 0.3) is 5.56 Å². The SMILES string of the molecule is CCC(C)n1c(SCC(=O)N(CC)Cc2ccccc2)nc2cc(C)[nH]c2c1=O. The molecule has 1 atom stereocenters. The molecule has 0 aliphatic heterocycles. The first-order valence-corrected chi connectivity index (χ1v) is 11.0. The Morgan fingerprint density at radius 2 is 2.00 bits per heavy atom. The molecule has 1 amide bonds. The highest BCUT2D eigenvalue weighted by atomic mass is 32.2. The van der Waals surface area contributed by atoms with Gasteiger partial charge in [0.1, 0.15) is 5.52 Å². The van der Waals surface area contributed by atoms with Crippen molar-refractivity contribution in [1.29, 1.82) is 0 Å². The summed E-state index contributed by atoms with van der Waals surface area (Å²) in [5.41, 5.74) is 3.10. The van der Waals surface area contributed by atoms with Crippen molar-refractivity contribution in [2.75, 3.05) is 12.3 Å². The van der Waals surface area contributed by atoms with Crippen LogP contribution in [0, 0.1) is 6.92 Å². The van der Waals surface area contributed by atoms with Gasteiger partial charge in [0.05, 0.1) is 11.3 Å². The molecule has 6 nitrogen and oxygen atoms in total. The summed E-state index contributed by atoms with van der Waals surface area (Å²) in [5, 5.41) is 0.597. The van der Waals surface area contributed by atoms with E-state index in [4.69, 9.17) is 4.98 Å². The normalized spacial score (nSPS) is 12.3. The van der Waals surface area contributed by atoms with Crippen molar-refractivity contribution in [3.8, 4) is 0 Å². The Bertz CT molecular complexity index is 1040. The molecule has 3 aromatic rings. The number of nitrogens with one attached hydrogen (secondary N) is 1. The number of hydrogen-bond donors (Lipinski definition) is 1. The molecular weight excluding hydrogens is 384 g/mol. The number of rotatable bonds is 8. The van der Waals surface area contributed by atoms with E-state index in [0.717, 1.165) is 17.7 Å². The lowest BCUT2D eigenvalue weighted by Gasteiger charge is -2.22. The lowest BCUT2D eigenvalue weighted by Crippen LogP contribution is -2.32. The van der Waals surface area contributed by atoms with Crippen LogP contribution in [0.1, 0.15) is 44.5 Å². The zero-order chi connectivity index (χ0) is 21.0. The number of carbonyl (C=O) groups is 1. The van der Waals surface area contributed by atoms with Crippen LogP contribution in [0.25, 0.3) is 11.0 Å². The Balaban J connectivity index is 1.83. The lowest BCUT2D eigenvalue weighted by molar-refractivity contribution is -0.128. The fourth-order valence-corrected chi connectivity index (χ4v) is 4.26. The third kappa shape index (κ3) is 4.72. The summed E-state index contributed by atoms with van der Waals surface area (Å²) in [6.45, 7) is 9.15. The molecule has 0 radical (unpaired) electrons. The summed E-state index contributed by atoms with van der Waals surface area (Å²) in [6.07, 6.45) is 0.809. The second kappa shape index (κ2) is 9.31. The Kier molecular flexibility index (Phi) is 6.79. The van der Waals surface area contributed by atoms with Crippen LogP contribution >= 0.6 is 11.8 Å². The molecule has 2 aromatic heterocycles. The van der Waals surface area contributed by atoms with Crippen LogP contribution in [-0.4, -0.2) is 37.6 Å². The second-order valence-corrected chi connectivity index (χ2v) is 8.16. The van der Waals surface area contributed by atoms with Crippen LogP contribution in [0.4, 0.5) is 0 Å². The number of nitrogens with zero attached hydrogens (tertiary/aromatic N) is 3. The van der Waals surface area contributed by atoms with E-state index in [9.17, 15) is 9.59 Å². The Morgan fingerprint density at radius 3 is 2.66 bits per heavy atom. The van der Waals surface area contributed by atoms with Crippen LogP contribution in [0.3, 0.4) is 0 Å². The van der Waals surface area contributed by atoms with E-state index in [1.165, 1.54) is 11.8 Å². The van der Waals surface area contributed by atoms with Gasteiger partial charge in [0.15, 0.2) is 5.16 Å². The number of amides is 1. The molecule has 154 valence electrons. The standard InChI is InChI=1S/C22H28N4O2S/c1-5-16(4)26-21(28)20-18(12-15(3)23-20)24-22(26)29-14-19(27)25(6-2)13-17-10-8-7-9-11-17/h7-12,16,23H,5-6,13-14H2,1-4H3. The zero-order valence-corrected chi connectivity index (χ0v) is 18.3. The van der Waals surface area contributed by atoms with Crippen molar-refractivity contribution >= 4 is 28.7 Å². The minimum Gasteiger partial charge on any atom is -0.353 e. The first kappa shape index (κ1) is 21.2. The molecule has 0 aliphatic carbocycles. The van der Waals surface area contributed by atoms with Crippen molar-refractivity contribution in [2.45, 2.75) is 51.9 Å². The van der Waals surface area contributed by atoms with E-state index in [1.54, 1.807) is 4.57 Å². The summed E-state index contributed by atoms with van der Waals surface area (Å²) in [6, 6.07) is 11.8. The molecule has 0 fully saturated rings. The highest BCUT2D eigenvalue weighted by Gasteiger charge is 2.19. The fourth-order valence-electron chi connectivity index (χ4n) is 3.26. The largest absolute Gasteiger partial charge is 0.353 e. The predicted octanol–water partition coefficient (Wildman–Crippen LogP) is 4.14. The Morgan fingerprint density at radius 1 is 1.28 bits per heavy atom. The first-order valence-electron chi connectivity index (χ1n) is 10.0. The van der Waals surface area contributed by atoms with Crippen molar-refractivity contribution in [3.63, 3.8) is 0 Å². The topological polar surface area (TPSA) is 71.0 Å². The van der Waals surface area contributed by atoms with Gasteiger partial charge in [-0.25, -0.2) is 4.98 Å². The summed E-state index contributed by atoms with van der Waals surface area (Å²) in [5.74, 6) is 0.287. The second-order valence-electron chi connectivity index (χ2n) is 7.22. The van der Waals surface area contributed by atoms with Crippen LogP contribution < -0.4 is 5.56 Å². The van der Waals surface area contributed by atoms with Crippen LogP contribution in [0.15, 0.2) is 46.3 Å². The van der Waals surface area contributed by atoms with Gasteiger partial charge in [-0.3, -0.25) is 14.2 Å². The smallest absolute Gasteiger partial charge is 0.278 e. The zero-order valence-electron chi connectivity index (χ0n) is 17.4. The molecular formula is C22H28N4O2S. The number of fused-ring (bicyclic) bond motifs is 1. The van der Waals surface area contributed by atoms with Crippen LogP contribution in [0.2, 0.25) is 0 Å². The number of thioether (sulfide) groups is 1. The summed E-state index contributed by atoms with van der Waals surface area (Å²) >= 11 is 1.34. The lowest BCUT2D eigenvalue weighted by atomic mass is 10.2. The maximum Gasteiger partial charge on any atom is 0.278 e. The Hall–Kier alpha value is -2.54. The van der Waals surface area contributed by atoms with Crippen molar-refractivity contribution < 1.29 is 4.79 Å². The Labute approximate surface area is 175 Å². The minimum absolute atomic E-state index is 0.00667.